The molecule has 1 saturated carbocycles. The molecule has 0 amide bonds. The molecule has 1 rings (SSSR count). The van der Waals surface area contributed by atoms with E-state index in [0.29, 0.717) is 0 Å². The molecule has 16 heavy (non-hydrogen) atoms. The van der Waals surface area contributed by atoms with Gasteiger partial charge < -0.3 is 9.47 Å². The fraction of sp³-hybridized carbons (Fsp3) is 0.923. The SMILES string of the molecule is COC(=O)C1CCCC(OC)C1C(C)(C)C. The Hall–Kier alpha value is -0.570. The lowest BCUT2D eigenvalue weighted by Crippen LogP contribution is -2.45. The van der Waals surface area contributed by atoms with Crippen molar-refractivity contribution >= 4 is 5.97 Å². The topological polar surface area (TPSA) is 35.5 Å². The lowest BCUT2D eigenvalue weighted by molar-refractivity contribution is -0.156. The second-order valence-corrected chi connectivity index (χ2v) is 5.73. The summed E-state index contributed by atoms with van der Waals surface area (Å²) in [7, 11) is 3.21. The van der Waals surface area contributed by atoms with E-state index in [9.17, 15) is 4.79 Å². The van der Waals surface area contributed by atoms with E-state index < -0.39 is 0 Å². The highest BCUT2D eigenvalue weighted by Gasteiger charge is 2.44. The van der Waals surface area contributed by atoms with Crippen LogP contribution in [0.5, 0.6) is 0 Å². The Morgan fingerprint density at radius 3 is 2.25 bits per heavy atom. The van der Waals surface area contributed by atoms with Crippen LogP contribution in [0.2, 0.25) is 0 Å². The Bertz CT molecular complexity index is 242. The number of carbonyl (C=O) groups excluding carboxylic acids is 1. The maximum Gasteiger partial charge on any atom is 0.309 e. The van der Waals surface area contributed by atoms with Gasteiger partial charge in [0, 0.05) is 13.0 Å². The van der Waals surface area contributed by atoms with Crippen LogP contribution < -0.4 is 0 Å². The summed E-state index contributed by atoms with van der Waals surface area (Å²) < 4.78 is 10.5. The smallest absolute Gasteiger partial charge is 0.309 e. The normalized spacial score (nSPS) is 31.2. The molecule has 1 fully saturated rings. The monoisotopic (exact) mass is 228 g/mol. The lowest BCUT2D eigenvalue weighted by atomic mass is 9.65. The Balaban J connectivity index is 2.92. The lowest BCUT2D eigenvalue weighted by Gasteiger charge is -2.43. The molecular formula is C13H24O3. The summed E-state index contributed by atoms with van der Waals surface area (Å²) in [6.07, 6.45) is 3.20. The van der Waals surface area contributed by atoms with E-state index in [1.54, 1.807) is 7.11 Å². The molecule has 0 saturated heterocycles. The quantitative estimate of drug-likeness (QED) is 0.682. The molecule has 0 spiro atoms. The molecule has 1 aliphatic rings. The largest absolute Gasteiger partial charge is 0.469 e. The van der Waals surface area contributed by atoms with Crippen molar-refractivity contribution in [1.29, 1.82) is 0 Å². The standard InChI is InChI=1S/C13H24O3/c1-13(2,3)11-9(12(14)16-5)7-6-8-10(11)15-4/h9-11H,6-8H2,1-5H3. The van der Waals surface area contributed by atoms with Crippen LogP contribution in [0.3, 0.4) is 0 Å². The van der Waals surface area contributed by atoms with Crippen molar-refractivity contribution in [3.8, 4) is 0 Å². The van der Waals surface area contributed by atoms with Crippen molar-refractivity contribution in [2.24, 2.45) is 17.3 Å². The first-order valence-corrected chi connectivity index (χ1v) is 6.02. The summed E-state index contributed by atoms with van der Waals surface area (Å²) in [5.41, 5.74) is 0.0694. The zero-order valence-corrected chi connectivity index (χ0v) is 11.1. The van der Waals surface area contributed by atoms with E-state index in [1.807, 2.05) is 0 Å². The third-order valence-electron chi connectivity index (χ3n) is 3.64. The van der Waals surface area contributed by atoms with E-state index in [2.05, 4.69) is 20.8 Å². The van der Waals surface area contributed by atoms with Crippen LogP contribution in [-0.4, -0.2) is 26.3 Å². The Morgan fingerprint density at radius 2 is 1.81 bits per heavy atom. The molecule has 0 radical (unpaired) electrons. The molecule has 0 heterocycles. The third-order valence-corrected chi connectivity index (χ3v) is 3.64. The van der Waals surface area contributed by atoms with Gasteiger partial charge in [0.15, 0.2) is 0 Å². The molecule has 94 valence electrons. The van der Waals surface area contributed by atoms with Crippen LogP contribution in [0.15, 0.2) is 0 Å². The Morgan fingerprint density at radius 1 is 1.19 bits per heavy atom. The van der Waals surface area contributed by atoms with Gasteiger partial charge in [0.2, 0.25) is 0 Å². The van der Waals surface area contributed by atoms with Crippen molar-refractivity contribution in [1.82, 2.24) is 0 Å². The van der Waals surface area contributed by atoms with Crippen molar-refractivity contribution in [2.45, 2.75) is 46.1 Å². The van der Waals surface area contributed by atoms with Crippen molar-refractivity contribution < 1.29 is 14.3 Å². The minimum absolute atomic E-state index is 0.0105. The van der Waals surface area contributed by atoms with E-state index in [4.69, 9.17) is 9.47 Å². The highest BCUT2D eigenvalue weighted by molar-refractivity contribution is 5.73. The van der Waals surface area contributed by atoms with Crippen molar-refractivity contribution in [3.05, 3.63) is 0 Å². The molecule has 0 aromatic heterocycles. The summed E-state index contributed by atoms with van der Waals surface area (Å²) >= 11 is 0. The number of ether oxygens (including phenoxy) is 2. The number of hydrogen-bond acceptors (Lipinski definition) is 3. The van der Waals surface area contributed by atoms with E-state index >= 15 is 0 Å². The van der Waals surface area contributed by atoms with E-state index in [1.165, 1.54) is 7.11 Å². The van der Waals surface area contributed by atoms with Gasteiger partial charge in [0.05, 0.1) is 19.1 Å². The summed E-state index contributed by atoms with van der Waals surface area (Å²) in [4.78, 5) is 11.8. The molecule has 3 unspecified atom stereocenters. The number of esters is 1. The molecular weight excluding hydrogens is 204 g/mol. The van der Waals surface area contributed by atoms with Gasteiger partial charge in [-0.05, 0) is 24.7 Å². The molecule has 3 nitrogen and oxygen atoms in total. The van der Waals surface area contributed by atoms with Crippen LogP contribution in [0, 0.1) is 17.3 Å². The third kappa shape index (κ3) is 2.76. The van der Waals surface area contributed by atoms with E-state index in [0.717, 1.165) is 19.3 Å². The summed E-state index contributed by atoms with van der Waals surface area (Å²) in [6, 6.07) is 0. The summed E-state index contributed by atoms with van der Waals surface area (Å²) in [5.74, 6) is 0.157. The molecule has 0 N–H and O–H groups in total. The van der Waals surface area contributed by atoms with Gasteiger partial charge in [-0.25, -0.2) is 0 Å². The fourth-order valence-corrected chi connectivity index (χ4v) is 3.00. The molecule has 3 atom stereocenters. The van der Waals surface area contributed by atoms with Gasteiger partial charge in [-0.2, -0.15) is 0 Å². The van der Waals surface area contributed by atoms with Crippen molar-refractivity contribution in [2.75, 3.05) is 14.2 Å². The van der Waals surface area contributed by atoms with Gasteiger partial charge in [-0.1, -0.05) is 20.8 Å². The van der Waals surface area contributed by atoms with E-state index in [-0.39, 0.29) is 29.3 Å². The average molecular weight is 228 g/mol. The number of rotatable bonds is 2. The van der Waals surface area contributed by atoms with Crippen LogP contribution in [-0.2, 0) is 14.3 Å². The molecule has 1 aliphatic carbocycles. The maximum atomic E-state index is 11.8. The van der Waals surface area contributed by atoms with Crippen LogP contribution in [0.4, 0.5) is 0 Å². The first-order valence-electron chi connectivity index (χ1n) is 6.02. The minimum Gasteiger partial charge on any atom is -0.469 e. The minimum atomic E-state index is -0.0818. The average Bonchev–Trinajstić information content (AvgIpc) is 2.25. The Labute approximate surface area is 98.5 Å². The molecule has 0 aromatic carbocycles. The molecule has 3 heteroatoms. The predicted molar refractivity (Wildman–Crippen MR) is 63.1 cm³/mol. The van der Waals surface area contributed by atoms with Crippen LogP contribution >= 0.6 is 0 Å². The van der Waals surface area contributed by atoms with Gasteiger partial charge in [-0.15, -0.1) is 0 Å². The number of methoxy groups -OCH3 is 2. The predicted octanol–water partition coefficient (Wildman–Crippen LogP) is 2.64. The second kappa shape index (κ2) is 5.17. The fourth-order valence-electron chi connectivity index (χ4n) is 3.00. The molecule has 0 aliphatic heterocycles. The molecule has 0 aromatic rings. The van der Waals surface area contributed by atoms with Gasteiger partial charge in [0.25, 0.3) is 0 Å². The van der Waals surface area contributed by atoms with Gasteiger partial charge in [-0.3, -0.25) is 4.79 Å². The summed E-state index contributed by atoms with van der Waals surface area (Å²) in [5, 5.41) is 0. The molecule has 0 bridgehead atoms. The van der Waals surface area contributed by atoms with Gasteiger partial charge in [0.1, 0.15) is 0 Å². The van der Waals surface area contributed by atoms with Crippen LogP contribution in [0.1, 0.15) is 40.0 Å². The van der Waals surface area contributed by atoms with Gasteiger partial charge >= 0.3 is 5.97 Å². The van der Waals surface area contributed by atoms with Crippen LogP contribution in [0.25, 0.3) is 0 Å². The highest BCUT2D eigenvalue weighted by Crippen LogP contribution is 2.43. The summed E-state index contributed by atoms with van der Waals surface area (Å²) in [6.45, 7) is 6.51. The second-order valence-electron chi connectivity index (χ2n) is 5.73. The highest BCUT2D eigenvalue weighted by atomic mass is 16.5. The number of hydrogen-bond donors (Lipinski definition) is 0. The van der Waals surface area contributed by atoms with Crippen molar-refractivity contribution in [3.63, 3.8) is 0 Å². The maximum absolute atomic E-state index is 11.8. The number of carbonyl (C=O) groups is 1. The Kier molecular flexibility index (Phi) is 4.36. The zero-order chi connectivity index (χ0) is 12.3. The first-order chi connectivity index (χ1) is 7.41. The zero-order valence-electron chi connectivity index (χ0n) is 11.1. The first kappa shape index (κ1) is 13.5.